The van der Waals surface area contributed by atoms with E-state index in [0.717, 1.165) is 20.9 Å². The summed E-state index contributed by atoms with van der Waals surface area (Å²) in [4.78, 5) is 44.4. The average molecular weight is 459 g/mol. The summed E-state index contributed by atoms with van der Waals surface area (Å²) >= 11 is 8.62. The van der Waals surface area contributed by atoms with Gasteiger partial charge in [0.15, 0.2) is 5.13 Å². The monoisotopic (exact) mass is 458 g/mol. The fourth-order valence-electron chi connectivity index (χ4n) is 3.93. The molecule has 1 aliphatic carbocycles. The molecule has 4 amide bonds. The Kier molecular flexibility index (Phi) is 4.61. The summed E-state index contributed by atoms with van der Waals surface area (Å²) in [6.45, 7) is -0.367. The normalized spacial score (nSPS) is 20.0. The number of carbonyl (C=O) groups excluding carboxylic acids is 3. The molecule has 10 heteroatoms. The molecule has 1 spiro atoms. The van der Waals surface area contributed by atoms with E-state index in [-0.39, 0.29) is 12.5 Å². The largest absolute Gasteiger partial charge is 0.325 e. The van der Waals surface area contributed by atoms with E-state index >= 15 is 0 Å². The Morgan fingerprint density at radius 1 is 1.27 bits per heavy atom. The zero-order valence-electron chi connectivity index (χ0n) is 15.5. The number of thiophene rings is 1. The highest BCUT2D eigenvalue weighted by Gasteiger charge is 2.55. The van der Waals surface area contributed by atoms with Crippen molar-refractivity contribution in [3.05, 3.63) is 57.2 Å². The highest BCUT2D eigenvalue weighted by molar-refractivity contribution is 7.20. The lowest BCUT2D eigenvalue weighted by atomic mass is 9.92. The van der Waals surface area contributed by atoms with Gasteiger partial charge < -0.3 is 10.6 Å². The molecule has 1 fully saturated rings. The van der Waals surface area contributed by atoms with Crippen molar-refractivity contribution in [2.45, 2.75) is 18.4 Å². The summed E-state index contributed by atoms with van der Waals surface area (Å²) in [5.41, 5.74) is 1.50. The van der Waals surface area contributed by atoms with E-state index in [9.17, 15) is 14.4 Å². The molecule has 5 rings (SSSR count). The second kappa shape index (κ2) is 7.19. The van der Waals surface area contributed by atoms with Gasteiger partial charge in [0, 0.05) is 5.38 Å². The van der Waals surface area contributed by atoms with Crippen LogP contribution in [0.25, 0.3) is 10.6 Å². The third-order valence-corrected chi connectivity index (χ3v) is 7.31. The smallest absolute Gasteiger partial charge is 0.319 e. The van der Waals surface area contributed by atoms with Gasteiger partial charge in [-0.2, -0.15) is 0 Å². The van der Waals surface area contributed by atoms with Crippen LogP contribution in [0, 0.1) is 0 Å². The lowest BCUT2D eigenvalue weighted by Gasteiger charge is -2.22. The van der Waals surface area contributed by atoms with Gasteiger partial charge in [0.1, 0.15) is 12.1 Å². The summed E-state index contributed by atoms with van der Waals surface area (Å²) in [6.07, 6.45) is 1.20. The molecule has 0 bridgehead atoms. The third kappa shape index (κ3) is 3.10. The predicted octanol–water partition coefficient (Wildman–Crippen LogP) is 3.86. The van der Waals surface area contributed by atoms with Crippen LogP contribution < -0.4 is 10.6 Å². The first-order chi connectivity index (χ1) is 14.5. The van der Waals surface area contributed by atoms with E-state index in [1.165, 1.54) is 22.7 Å². The quantitative estimate of drug-likeness (QED) is 0.581. The zero-order valence-corrected chi connectivity index (χ0v) is 17.9. The number of rotatable bonds is 4. The summed E-state index contributed by atoms with van der Waals surface area (Å²) in [6, 6.07) is 10.7. The molecule has 1 aromatic carbocycles. The highest BCUT2D eigenvalue weighted by Crippen LogP contribution is 2.41. The minimum atomic E-state index is -1.07. The molecule has 7 nitrogen and oxygen atoms in total. The molecule has 0 saturated carbocycles. The summed E-state index contributed by atoms with van der Waals surface area (Å²) < 4.78 is 0.657. The standard InChI is InChI=1S/C20H15ClN4O3S2/c21-15-6-5-14(30-15)13-10-29-18(22-13)23-16(26)9-25-17(27)20(24-19(25)28)8-7-11-3-1-2-4-12(11)20/h1-6,10H,7-9H2,(H,24,28)(H,22,23,26)/t20-/m0/s1. The van der Waals surface area contributed by atoms with Crippen LogP contribution in [0.4, 0.5) is 9.93 Å². The molecule has 0 radical (unpaired) electrons. The molecule has 1 atom stereocenters. The fraction of sp³-hybridized carbons (Fsp3) is 0.200. The van der Waals surface area contributed by atoms with Gasteiger partial charge in [-0.1, -0.05) is 35.9 Å². The van der Waals surface area contributed by atoms with Gasteiger partial charge in [0.2, 0.25) is 5.91 Å². The van der Waals surface area contributed by atoms with Crippen molar-refractivity contribution >= 4 is 57.3 Å². The number of hydrogen-bond acceptors (Lipinski definition) is 6. The Morgan fingerprint density at radius 2 is 2.10 bits per heavy atom. The number of amides is 4. The first-order valence-electron chi connectivity index (χ1n) is 9.20. The summed E-state index contributed by atoms with van der Waals surface area (Å²) in [5, 5.41) is 7.70. The van der Waals surface area contributed by atoms with Crippen molar-refractivity contribution in [1.82, 2.24) is 15.2 Å². The van der Waals surface area contributed by atoms with Crippen molar-refractivity contribution in [3.63, 3.8) is 0 Å². The van der Waals surface area contributed by atoms with Crippen molar-refractivity contribution in [1.29, 1.82) is 0 Å². The van der Waals surface area contributed by atoms with Gasteiger partial charge in [-0.15, -0.1) is 22.7 Å². The van der Waals surface area contributed by atoms with Gasteiger partial charge in [-0.05, 0) is 36.1 Å². The fourth-order valence-corrected chi connectivity index (χ4v) is 5.74. The Bertz CT molecular complexity index is 1190. The number of aryl methyl sites for hydroxylation is 1. The summed E-state index contributed by atoms with van der Waals surface area (Å²) in [7, 11) is 0. The molecule has 0 unspecified atom stereocenters. The molecule has 2 aromatic heterocycles. The first kappa shape index (κ1) is 19.2. The molecular weight excluding hydrogens is 444 g/mol. The number of nitrogens with zero attached hydrogens (tertiary/aromatic N) is 2. The Labute approximate surface area is 184 Å². The maximum Gasteiger partial charge on any atom is 0.325 e. The molecule has 1 aliphatic heterocycles. The highest BCUT2D eigenvalue weighted by atomic mass is 35.5. The van der Waals surface area contributed by atoms with Crippen molar-refractivity contribution in [3.8, 4) is 10.6 Å². The second-order valence-corrected chi connectivity index (χ2v) is 9.65. The number of urea groups is 1. The van der Waals surface area contributed by atoms with Gasteiger partial charge in [0.25, 0.3) is 5.91 Å². The number of hydrogen-bond donors (Lipinski definition) is 2. The van der Waals surface area contributed by atoms with Crippen LogP contribution in [0.2, 0.25) is 4.34 Å². The van der Waals surface area contributed by atoms with Crippen LogP contribution in [-0.4, -0.2) is 34.3 Å². The van der Waals surface area contributed by atoms with Crippen LogP contribution in [0.3, 0.4) is 0 Å². The van der Waals surface area contributed by atoms with Crippen molar-refractivity contribution in [2.24, 2.45) is 0 Å². The van der Waals surface area contributed by atoms with Crippen molar-refractivity contribution < 1.29 is 14.4 Å². The van der Waals surface area contributed by atoms with E-state index in [1.54, 1.807) is 6.07 Å². The third-order valence-electron chi connectivity index (χ3n) is 5.30. The number of carbonyl (C=O) groups is 3. The number of anilines is 1. The SMILES string of the molecule is O=C(CN1C(=O)N[C@]2(CCc3ccccc32)C1=O)Nc1nc(-c2ccc(Cl)s2)cs1. The van der Waals surface area contributed by atoms with Crippen LogP contribution in [0.5, 0.6) is 0 Å². The van der Waals surface area contributed by atoms with E-state index < -0.39 is 17.5 Å². The summed E-state index contributed by atoms with van der Waals surface area (Å²) in [5.74, 6) is -0.868. The molecular formula is C20H15ClN4O3S2. The Balaban J connectivity index is 1.30. The predicted molar refractivity (Wildman–Crippen MR) is 116 cm³/mol. The van der Waals surface area contributed by atoms with E-state index in [4.69, 9.17) is 11.6 Å². The molecule has 2 N–H and O–H groups in total. The molecule has 30 heavy (non-hydrogen) atoms. The molecule has 2 aliphatic rings. The number of fused-ring (bicyclic) bond motifs is 2. The number of aromatic nitrogens is 1. The first-order valence-corrected chi connectivity index (χ1v) is 11.3. The lowest BCUT2D eigenvalue weighted by Crippen LogP contribution is -2.42. The van der Waals surface area contributed by atoms with E-state index in [0.29, 0.717) is 28.0 Å². The Hall–Kier alpha value is -2.75. The number of thiazole rings is 1. The van der Waals surface area contributed by atoms with Gasteiger partial charge in [-0.3, -0.25) is 14.5 Å². The topological polar surface area (TPSA) is 91.4 Å². The second-order valence-electron chi connectivity index (χ2n) is 7.07. The van der Waals surface area contributed by atoms with Gasteiger partial charge >= 0.3 is 6.03 Å². The lowest BCUT2D eigenvalue weighted by molar-refractivity contribution is -0.134. The average Bonchev–Trinajstić information content (AvgIpc) is 3.48. The molecule has 3 heterocycles. The number of imide groups is 1. The minimum absolute atomic E-state index is 0.367. The number of nitrogens with one attached hydrogen (secondary N) is 2. The van der Waals surface area contributed by atoms with Crippen LogP contribution in [0.1, 0.15) is 17.5 Å². The van der Waals surface area contributed by atoms with Crippen LogP contribution in [-0.2, 0) is 21.5 Å². The molecule has 3 aromatic rings. The van der Waals surface area contributed by atoms with Crippen LogP contribution >= 0.6 is 34.3 Å². The van der Waals surface area contributed by atoms with Crippen molar-refractivity contribution in [2.75, 3.05) is 11.9 Å². The van der Waals surface area contributed by atoms with Gasteiger partial charge in [-0.25, -0.2) is 9.78 Å². The van der Waals surface area contributed by atoms with E-state index in [1.807, 2.05) is 35.7 Å². The van der Waals surface area contributed by atoms with Gasteiger partial charge in [0.05, 0.1) is 14.9 Å². The Morgan fingerprint density at radius 3 is 2.90 bits per heavy atom. The van der Waals surface area contributed by atoms with E-state index in [2.05, 4.69) is 15.6 Å². The molecule has 152 valence electrons. The maximum absolute atomic E-state index is 13.1. The van der Waals surface area contributed by atoms with Crippen LogP contribution in [0.15, 0.2) is 41.8 Å². The molecule has 1 saturated heterocycles. The number of benzene rings is 1. The maximum atomic E-state index is 13.1. The minimum Gasteiger partial charge on any atom is -0.319 e. The number of halogens is 1. The zero-order chi connectivity index (χ0) is 20.9.